The van der Waals surface area contributed by atoms with Crippen LogP contribution in [0.2, 0.25) is 0 Å². The highest BCUT2D eigenvalue weighted by molar-refractivity contribution is 6.64. The number of carbonyl (C=O) groups is 1. The molecule has 0 spiro atoms. The molecule has 0 radical (unpaired) electrons. The molecule has 0 saturated carbocycles. The van der Waals surface area contributed by atoms with Crippen molar-refractivity contribution in [2.24, 2.45) is 0 Å². The van der Waals surface area contributed by atoms with Gasteiger partial charge in [0.1, 0.15) is 11.6 Å². The second-order valence-electron chi connectivity index (χ2n) is 3.20. The minimum absolute atomic E-state index is 0.289. The highest BCUT2D eigenvalue weighted by Gasteiger charge is 2.24. The Hall–Kier alpha value is -1.09. The van der Waals surface area contributed by atoms with E-state index in [1.807, 2.05) is 0 Å². The lowest BCUT2D eigenvalue weighted by Gasteiger charge is -2.23. The van der Waals surface area contributed by atoms with E-state index in [-0.39, 0.29) is 5.82 Å². The van der Waals surface area contributed by atoms with E-state index in [2.05, 4.69) is 0 Å². The molecule has 2 rings (SSSR count). The molecule has 1 aliphatic heterocycles. The van der Waals surface area contributed by atoms with Gasteiger partial charge >= 0.3 is 0 Å². The number of aryl methyl sites for hydroxylation is 1. The Morgan fingerprint density at radius 2 is 2.36 bits per heavy atom. The SMILES string of the molecule is O=C(Cl)C1CCc2cc(F)ccc2O1. The zero-order valence-electron chi connectivity index (χ0n) is 7.30. The van der Waals surface area contributed by atoms with Crippen LogP contribution in [-0.4, -0.2) is 11.3 Å². The highest BCUT2D eigenvalue weighted by atomic mass is 35.5. The standard InChI is InChI=1S/C10H8ClFO2/c11-10(13)9-3-1-6-5-7(12)2-4-8(6)14-9/h2,4-5,9H,1,3H2. The average molecular weight is 215 g/mol. The summed E-state index contributed by atoms with van der Waals surface area (Å²) in [6.07, 6.45) is 0.546. The molecular weight excluding hydrogens is 207 g/mol. The molecule has 4 heteroatoms. The lowest BCUT2D eigenvalue weighted by molar-refractivity contribution is -0.118. The number of hydrogen-bond acceptors (Lipinski definition) is 2. The second kappa shape index (κ2) is 3.58. The van der Waals surface area contributed by atoms with E-state index in [0.29, 0.717) is 18.6 Å². The Labute approximate surface area is 85.6 Å². The van der Waals surface area contributed by atoms with Crippen LogP contribution in [0.3, 0.4) is 0 Å². The summed E-state index contributed by atoms with van der Waals surface area (Å²) in [7, 11) is 0. The van der Waals surface area contributed by atoms with Gasteiger partial charge in [0, 0.05) is 0 Å². The molecule has 74 valence electrons. The largest absolute Gasteiger partial charge is 0.481 e. The third kappa shape index (κ3) is 1.73. The lowest BCUT2D eigenvalue weighted by Crippen LogP contribution is -2.28. The van der Waals surface area contributed by atoms with Gasteiger partial charge in [-0.1, -0.05) is 0 Å². The normalized spacial score (nSPS) is 19.7. The first-order valence-electron chi connectivity index (χ1n) is 4.31. The van der Waals surface area contributed by atoms with E-state index in [1.165, 1.54) is 18.2 Å². The Kier molecular flexibility index (Phi) is 2.42. The van der Waals surface area contributed by atoms with Crippen molar-refractivity contribution in [2.45, 2.75) is 18.9 Å². The number of rotatable bonds is 1. The molecule has 1 aromatic carbocycles. The molecule has 0 N–H and O–H groups in total. The zero-order chi connectivity index (χ0) is 10.1. The average Bonchev–Trinajstić information content (AvgIpc) is 2.16. The quantitative estimate of drug-likeness (QED) is 0.671. The number of fused-ring (bicyclic) bond motifs is 1. The summed E-state index contributed by atoms with van der Waals surface area (Å²) in [6.45, 7) is 0. The van der Waals surface area contributed by atoms with Crippen LogP contribution < -0.4 is 4.74 Å². The zero-order valence-corrected chi connectivity index (χ0v) is 8.05. The number of carbonyl (C=O) groups excluding carboxylic acids is 1. The Morgan fingerprint density at radius 1 is 1.57 bits per heavy atom. The number of benzene rings is 1. The summed E-state index contributed by atoms with van der Waals surface area (Å²) in [5, 5.41) is -0.500. The predicted molar refractivity (Wildman–Crippen MR) is 50.0 cm³/mol. The summed E-state index contributed by atoms with van der Waals surface area (Å²) in [6, 6.07) is 4.25. The molecule has 1 unspecified atom stereocenters. The smallest absolute Gasteiger partial charge is 0.262 e. The summed E-state index contributed by atoms with van der Waals surface area (Å²) >= 11 is 5.32. The van der Waals surface area contributed by atoms with Gasteiger partial charge in [-0.05, 0) is 48.2 Å². The van der Waals surface area contributed by atoms with Crippen molar-refractivity contribution in [1.29, 1.82) is 0 Å². The second-order valence-corrected chi connectivity index (χ2v) is 3.57. The van der Waals surface area contributed by atoms with Crippen LogP contribution in [0.4, 0.5) is 4.39 Å². The number of ether oxygens (including phenoxy) is 1. The Bertz CT molecular complexity index is 378. The maximum atomic E-state index is 12.8. The summed E-state index contributed by atoms with van der Waals surface area (Å²) < 4.78 is 18.1. The molecule has 0 fully saturated rings. The van der Waals surface area contributed by atoms with Gasteiger partial charge in [0.25, 0.3) is 5.24 Å². The van der Waals surface area contributed by atoms with Crippen molar-refractivity contribution in [3.05, 3.63) is 29.6 Å². The van der Waals surface area contributed by atoms with Gasteiger partial charge in [-0.15, -0.1) is 0 Å². The van der Waals surface area contributed by atoms with E-state index >= 15 is 0 Å². The molecule has 1 aromatic rings. The number of halogens is 2. The van der Waals surface area contributed by atoms with Crippen molar-refractivity contribution < 1.29 is 13.9 Å². The van der Waals surface area contributed by atoms with E-state index < -0.39 is 11.3 Å². The first-order valence-corrected chi connectivity index (χ1v) is 4.69. The fraction of sp³-hybridized carbons (Fsp3) is 0.300. The van der Waals surface area contributed by atoms with Crippen molar-refractivity contribution in [1.82, 2.24) is 0 Å². The predicted octanol–water partition coefficient (Wildman–Crippen LogP) is 2.28. The molecule has 0 saturated heterocycles. The van der Waals surface area contributed by atoms with Gasteiger partial charge in [-0.2, -0.15) is 0 Å². The molecular formula is C10H8ClFO2. The van der Waals surface area contributed by atoms with Gasteiger partial charge < -0.3 is 4.74 Å². The topological polar surface area (TPSA) is 26.3 Å². The third-order valence-corrected chi connectivity index (χ3v) is 2.46. The van der Waals surface area contributed by atoms with Crippen molar-refractivity contribution in [3.8, 4) is 5.75 Å². The monoisotopic (exact) mass is 214 g/mol. The highest BCUT2D eigenvalue weighted by Crippen LogP contribution is 2.28. The van der Waals surface area contributed by atoms with Crippen LogP contribution in [-0.2, 0) is 11.2 Å². The minimum Gasteiger partial charge on any atom is -0.481 e. The van der Waals surface area contributed by atoms with Crippen molar-refractivity contribution >= 4 is 16.8 Å². The molecule has 0 aromatic heterocycles. The third-order valence-electron chi connectivity index (χ3n) is 2.22. The first kappa shape index (κ1) is 9.46. The molecule has 0 bridgehead atoms. The van der Waals surface area contributed by atoms with E-state index in [9.17, 15) is 9.18 Å². The van der Waals surface area contributed by atoms with Gasteiger partial charge in [0.15, 0.2) is 6.10 Å². The molecule has 0 amide bonds. The molecule has 2 nitrogen and oxygen atoms in total. The maximum absolute atomic E-state index is 12.8. The number of hydrogen-bond donors (Lipinski definition) is 0. The summed E-state index contributed by atoms with van der Waals surface area (Å²) in [5.41, 5.74) is 0.791. The first-order chi connectivity index (χ1) is 6.66. The van der Waals surface area contributed by atoms with E-state index in [4.69, 9.17) is 16.3 Å². The lowest BCUT2D eigenvalue weighted by atomic mass is 10.0. The Morgan fingerprint density at radius 3 is 3.07 bits per heavy atom. The van der Waals surface area contributed by atoms with Gasteiger partial charge in [0.2, 0.25) is 0 Å². The van der Waals surface area contributed by atoms with Crippen LogP contribution in [0, 0.1) is 5.82 Å². The van der Waals surface area contributed by atoms with Crippen LogP contribution in [0.15, 0.2) is 18.2 Å². The van der Waals surface area contributed by atoms with E-state index in [1.54, 1.807) is 0 Å². The van der Waals surface area contributed by atoms with Gasteiger partial charge in [0.05, 0.1) is 0 Å². The molecule has 1 aliphatic rings. The molecule has 14 heavy (non-hydrogen) atoms. The molecule has 1 heterocycles. The fourth-order valence-corrected chi connectivity index (χ4v) is 1.67. The van der Waals surface area contributed by atoms with Crippen LogP contribution in [0.1, 0.15) is 12.0 Å². The van der Waals surface area contributed by atoms with Crippen molar-refractivity contribution in [3.63, 3.8) is 0 Å². The van der Waals surface area contributed by atoms with Crippen LogP contribution in [0.5, 0.6) is 5.75 Å². The van der Waals surface area contributed by atoms with Gasteiger partial charge in [-0.3, -0.25) is 4.79 Å². The van der Waals surface area contributed by atoms with Crippen LogP contribution >= 0.6 is 11.6 Å². The van der Waals surface area contributed by atoms with E-state index in [0.717, 1.165) is 5.56 Å². The molecule has 1 atom stereocenters. The molecule has 0 aliphatic carbocycles. The Balaban J connectivity index is 2.27. The maximum Gasteiger partial charge on any atom is 0.262 e. The van der Waals surface area contributed by atoms with Crippen LogP contribution in [0.25, 0.3) is 0 Å². The van der Waals surface area contributed by atoms with Crippen molar-refractivity contribution in [2.75, 3.05) is 0 Å². The fourth-order valence-electron chi connectivity index (χ4n) is 1.52. The van der Waals surface area contributed by atoms with Gasteiger partial charge in [-0.25, -0.2) is 4.39 Å². The summed E-state index contributed by atoms with van der Waals surface area (Å²) in [4.78, 5) is 10.8. The summed E-state index contributed by atoms with van der Waals surface area (Å²) in [5.74, 6) is 0.264. The minimum atomic E-state index is -0.588.